The molecule has 0 aliphatic rings. The van der Waals surface area contributed by atoms with Crippen molar-refractivity contribution in [2.45, 2.75) is 40.2 Å². The second-order valence-electron chi connectivity index (χ2n) is 6.57. The Kier molecular flexibility index (Phi) is 6.70. The first-order valence-corrected chi connectivity index (χ1v) is 9.08. The van der Waals surface area contributed by atoms with Crippen molar-refractivity contribution >= 4 is 16.7 Å². The van der Waals surface area contributed by atoms with Crippen molar-refractivity contribution in [3.63, 3.8) is 0 Å². The van der Waals surface area contributed by atoms with Gasteiger partial charge < -0.3 is 10.2 Å². The van der Waals surface area contributed by atoms with Crippen LogP contribution < -0.4 is 15.8 Å². The summed E-state index contributed by atoms with van der Waals surface area (Å²) in [6.07, 6.45) is 0.182. The molecule has 2 N–H and O–H groups in total. The summed E-state index contributed by atoms with van der Waals surface area (Å²) in [5.74, 6) is -0.0573. The Morgan fingerprint density at radius 1 is 1.20 bits per heavy atom. The Hall–Kier alpha value is -2.21. The highest BCUT2D eigenvalue weighted by atomic mass is 16.1. The highest BCUT2D eigenvalue weighted by Gasteiger charge is 2.15. The third kappa shape index (κ3) is 4.66. The average molecular weight is 345 g/mol. The van der Waals surface area contributed by atoms with Crippen LogP contribution in [-0.4, -0.2) is 41.9 Å². The van der Waals surface area contributed by atoms with E-state index < -0.39 is 0 Å². The molecule has 0 radical (unpaired) electrons. The number of nitrogens with one attached hydrogen (secondary N) is 2. The molecule has 1 aromatic heterocycles. The first-order valence-electron chi connectivity index (χ1n) is 9.08. The minimum absolute atomic E-state index is 0.0508. The van der Waals surface area contributed by atoms with Gasteiger partial charge in [-0.05, 0) is 33.8 Å². The van der Waals surface area contributed by atoms with Crippen LogP contribution in [0, 0.1) is 0 Å². The van der Waals surface area contributed by atoms with E-state index in [0.717, 1.165) is 25.0 Å². The third-order valence-corrected chi connectivity index (χ3v) is 4.52. The van der Waals surface area contributed by atoms with Crippen LogP contribution in [0.25, 0.3) is 10.8 Å². The van der Waals surface area contributed by atoms with Crippen molar-refractivity contribution < 1.29 is 9.69 Å². The van der Waals surface area contributed by atoms with Crippen LogP contribution in [0.1, 0.15) is 39.4 Å². The smallest absolute Gasteiger partial charge is 0.274 e. The van der Waals surface area contributed by atoms with E-state index in [4.69, 9.17) is 0 Å². The van der Waals surface area contributed by atoms with Crippen LogP contribution in [-0.2, 0) is 11.2 Å². The zero-order valence-corrected chi connectivity index (χ0v) is 15.6. The first-order chi connectivity index (χ1) is 12.0. The summed E-state index contributed by atoms with van der Waals surface area (Å²) < 4.78 is 1.46. The normalized spacial score (nSPS) is 11.4. The lowest BCUT2D eigenvalue weighted by Gasteiger charge is -2.16. The predicted octanol–water partition coefficient (Wildman–Crippen LogP) is 0.561. The minimum atomic E-state index is -0.111. The van der Waals surface area contributed by atoms with Gasteiger partial charge in [0.2, 0.25) is 5.91 Å². The molecular formula is C19H29N4O2+. The molecule has 0 aliphatic heterocycles. The summed E-state index contributed by atoms with van der Waals surface area (Å²) >= 11 is 0. The van der Waals surface area contributed by atoms with Crippen molar-refractivity contribution in [1.29, 1.82) is 0 Å². The number of hydrogen-bond donors (Lipinski definition) is 2. The maximum atomic E-state index is 12.5. The van der Waals surface area contributed by atoms with Gasteiger partial charge in [-0.3, -0.25) is 9.59 Å². The number of fused-ring (bicyclic) bond motifs is 1. The fraction of sp³-hybridized carbons (Fsp3) is 0.526. The molecule has 1 amide bonds. The first kappa shape index (κ1) is 19.1. The Bertz CT molecular complexity index is 779. The van der Waals surface area contributed by atoms with Crippen LogP contribution in [0.15, 0.2) is 29.1 Å². The lowest BCUT2D eigenvalue weighted by Crippen LogP contribution is -3.12. The average Bonchev–Trinajstić information content (AvgIpc) is 2.61. The molecule has 1 heterocycles. The maximum Gasteiger partial charge on any atom is 0.274 e. The fourth-order valence-corrected chi connectivity index (χ4v) is 2.95. The van der Waals surface area contributed by atoms with Gasteiger partial charge in [0.25, 0.3) is 5.56 Å². The van der Waals surface area contributed by atoms with E-state index in [0.29, 0.717) is 17.6 Å². The van der Waals surface area contributed by atoms with Crippen molar-refractivity contribution in [2.24, 2.45) is 0 Å². The van der Waals surface area contributed by atoms with Crippen molar-refractivity contribution in [3.05, 3.63) is 40.3 Å². The number of benzene rings is 1. The molecule has 0 unspecified atom stereocenters. The van der Waals surface area contributed by atoms with E-state index in [1.54, 1.807) is 6.07 Å². The largest absolute Gasteiger partial charge is 0.350 e. The molecule has 25 heavy (non-hydrogen) atoms. The summed E-state index contributed by atoms with van der Waals surface area (Å²) in [6.45, 7) is 11.8. The molecule has 1 aromatic carbocycles. The number of carbonyl (C=O) groups excluding carboxylic acids is 1. The molecule has 2 rings (SSSR count). The lowest BCUT2D eigenvalue weighted by atomic mass is 10.1. The van der Waals surface area contributed by atoms with Crippen LogP contribution in [0.5, 0.6) is 0 Å². The van der Waals surface area contributed by atoms with Crippen LogP contribution in [0.2, 0.25) is 0 Å². The zero-order chi connectivity index (χ0) is 18.4. The molecule has 0 fully saturated rings. The van der Waals surface area contributed by atoms with Gasteiger partial charge in [0.05, 0.1) is 49.7 Å². The van der Waals surface area contributed by atoms with Gasteiger partial charge >= 0.3 is 0 Å². The van der Waals surface area contributed by atoms with E-state index in [-0.39, 0.29) is 23.9 Å². The number of rotatable bonds is 8. The van der Waals surface area contributed by atoms with Gasteiger partial charge in [-0.2, -0.15) is 5.10 Å². The lowest BCUT2D eigenvalue weighted by molar-refractivity contribution is -0.895. The molecule has 6 nitrogen and oxygen atoms in total. The van der Waals surface area contributed by atoms with Gasteiger partial charge in [0.15, 0.2) is 0 Å². The van der Waals surface area contributed by atoms with Gasteiger partial charge in [-0.15, -0.1) is 0 Å². The second kappa shape index (κ2) is 8.76. The molecular weight excluding hydrogens is 316 g/mol. The number of amides is 1. The summed E-state index contributed by atoms with van der Waals surface area (Å²) in [6, 6.07) is 7.31. The zero-order valence-electron chi connectivity index (χ0n) is 15.6. The summed E-state index contributed by atoms with van der Waals surface area (Å²) in [4.78, 5) is 26.3. The molecule has 0 aliphatic carbocycles. The van der Waals surface area contributed by atoms with E-state index in [1.807, 2.05) is 32.0 Å². The van der Waals surface area contributed by atoms with Gasteiger partial charge in [0.1, 0.15) is 0 Å². The Morgan fingerprint density at radius 2 is 1.84 bits per heavy atom. The molecule has 2 aromatic rings. The van der Waals surface area contributed by atoms with Gasteiger partial charge in [0, 0.05) is 5.39 Å². The minimum Gasteiger partial charge on any atom is -0.350 e. The monoisotopic (exact) mass is 345 g/mol. The molecule has 0 saturated heterocycles. The highest BCUT2D eigenvalue weighted by Crippen LogP contribution is 2.15. The van der Waals surface area contributed by atoms with Gasteiger partial charge in [-0.1, -0.05) is 18.2 Å². The standard InChI is InChI=1S/C19H28N4O2/c1-5-22(6-2)12-11-20-18(24)13-17-15-9-7-8-10-16(15)19(25)23(21-17)14(3)4/h7-10,14H,5-6,11-13H2,1-4H3,(H,20,24)/p+1. The molecule has 0 spiro atoms. The van der Waals surface area contributed by atoms with E-state index in [1.165, 1.54) is 9.58 Å². The fourth-order valence-electron chi connectivity index (χ4n) is 2.95. The maximum absolute atomic E-state index is 12.5. The number of carbonyl (C=O) groups is 1. The molecule has 6 heteroatoms. The third-order valence-electron chi connectivity index (χ3n) is 4.52. The van der Waals surface area contributed by atoms with E-state index in [2.05, 4.69) is 24.3 Å². The topological polar surface area (TPSA) is 68.4 Å². The number of quaternary nitrogens is 1. The number of nitrogens with zero attached hydrogens (tertiary/aromatic N) is 2. The SMILES string of the molecule is CC[NH+](CC)CCNC(=O)Cc1nn(C(C)C)c(=O)c2ccccc12. The van der Waals surface area contributed by atoms with Crippen molar-refractivity contribution in [1.82, 2.24) is 15.1 Å². The van der Waals surface area contributed by atoms with E-state index >= 15 is 0 Å². The molecule has 136 valence electrons. The summed E-state index contributed by atoms with van der Waals surface area (Å²) in [5.41, 5.74) is 0.538. The molecule has 0 bridgehead atoms. The van der Waals surface area contributed by atoms with Crippen LogP contribution in [0.4, 0.5) is 0 Å². The van der Waals surface area contributed by atoms with Crippen molar-refractivity contribution in [2.75, 3.05) is 26.2 Å². The number of hydrogen-bond acceptors (Lipinski definition) is 3. The van der Waals surface area contributed by atoms with E-state index in [9.17, 15) is 9.59 Å². The Balaban J connectivity index is 2.19. The number of likely N-dealkylation sites (N-methyl/N-ethyl adjacent to an activating group) is 1. The summed E-state index contributed by atoms with van der Waals surface area (Å²) in [7, 11) is 0. The molecule has 0 saturated carbocycles. The number of aromatic nitrogens is 2. The Morgan fingerprint density at radius 3 is 2.44 bits per heavy atom. The second-order valence-corrected chi connectivity index (χ2v) is 6.57. The van der Waals surface area contributed by atoms with Gasteiger partial charge in [-0.25, -0.2) is 4.68 Å². The quantitative estimate of drug-likeness (QED) is 0.735. The summed E-state index contributed by atoms with van der Waals surface area (Å²) in [5, 5.41) is 8.80. The highest BCUT2D eigenvalue weighted by molar-refractivity contribution is 5.88. The van der Waals surface area contributed by atoms with Crippen molar-refractivity contribution in [3.8, 4) is 0 Å². The molecule has 0 atom stereocenters. The van der Waals surface area contributed by atoms with Crippen LogP contribution in [0.3, 0.4) is 0 Å². The predicted molar refractivity (Wildman–Crippen MR) is 100 cm³/mol. The Labute approximate surface area is 148 Å². The van der Waals surface area contributed by atoms with Crippen LogP contribution >= 0.6 is 0 Å².